The van der Waals surface area contributed by atoms with Crippen LogP contribution in [0.1, 0.15) is 35.8 Å². The number of carbonyl (C=O) groups is 1. The first kappa shape index (κ1) is 23.3. The van der Waals surface area contributed by atoms with Crippen molar-refractivity contribution in [3.05, 3.63) is 53.5 Å². The van der Waals surface area contributed by atoms with Gasteiger partial charge < -0.3 is 19.6 Å². The van der Waals surface area contributed by atoms with Crippen LogP contribution in [-0.2, 0) is 17.8 Å². The summed E-state index contributed by atoms with van der Waals surface area (Å²) >= 11 is 0. The highest BCUT2D eigenvalue weighted by molar-refractivity contribution is 5.91. The first-order valence-electron chi connectivity index (χ1n) is 10.6. The number of rotatable bonds is 10. The Hall–Kier alpha value is -2.33. The topological polar surface area (TPSA) is 91.1 Å². The van der Waals surface area contributed by atoms with Crippen LogP contribution in [0.3, 0.4) is 0 Å². The van der Waals surface area contributed by atoms with Crippen molar-refractivity contribution in [2.24, 2.45) is 0 Å². The molecule has 1 aromatic carbocycles. The highest BCUT2D eigenvalue weighted by Gasteiger charge is 2.21. The van der Waals surface area contributed by atoms with Crippen LogP contribution >= 0.6 is 0 Å². The van der Waals surface area contributed by atoms with Crippen molar-refractivity contribution in [1.82, 2.24) is 20.1 Å². The molecule has 0 unspecified atom stereocenters. The molecule has 2 aromatic rings. The molecule has 170 valence electrons. The molecule has 8 nitrogen and oxygen atoms in total. The average molecular weight is 435 g/mol. The van der Waals surface area contributed by atoms with E-state index in [1.165, 1.54) is 18.4 Å². The van der Waals surface area contributed by atoms with Crippen LogP contribution < -0.4 is 5.32 Å². The molecule has 0 bridgehead atoms. The van der Waals surface area contributed by atoms with Gasteiger partial charge >= 0.3 is 0 Å². The van der Waals surface area contributed by atoms with Gasteiger partial charge in [0.1, 0.15) is 12.1 Å². The molecule has 1 amide bonds. The van der Waals surface area contributed by atoms with Gasteiger partial charge in [0.05, 0.1) is 25.4 Å². The Labute approximate surface area is 182 Å². The van der Waals surface area contributed by atoms with Crippen molar-refractivity contribution in [2.45, 2.75) is 39.1 Å². The third kappa shape index (κ3) is 7.70. The molecule has 1 saturated heterocycles. The fraction of sp³-hybridized carbons (Fsp3) is 0.545. The number of aliphatic hydroxyl groups is 1. The molecule has 9 heteroatoms. The summed E-state index contributed by atoms with van der Waals surface area (Å²) < 4.78 is 23.9. The van der Waals surface area contributed by atoms with Gasteiger partial charge in [0.15, 0.2) is 5.69 Å². The van der Waals surface area contributed by atoms with E-state index in [0.29, 0.717) is 25.6 Å². The first-order chi connectivity index (χ1) is 14.9. The number of β-amino-alcohol motifs (C(OH)–C–C–N with tert-alkyl or cyclic N) is 1. The summed E-state index contributed by atoms with van der Waals surface area (Å²) in [7, 11) is 0. The molecule has 31 heavy (non-hydrogen) atoms. The number of piperazine rings is 1. The zero-order valence-corrected chi connectivity index (χ0v) is 18.1. The molecule has 0 saturated carbocycles. The second-order valence-corrected chi connectivity index (χ2v) is 8.05. The van der Waals surface area contributed by atoms with Crippen molar-refractivity contribution >= 4 is 5.91 Å². The van der Waals surface area contributed by atoms with Gasteiger partial charge in [-0.3, -0.25) is 14.6 Å². The van der Waals surface area contributed by atoms with E-state index in [0.717, 1.165) is 31.7 Å². The van der Waals surface area contributed by atoms with E-state index in [2.05, 4.69) is 20.1 Å². The molecule has 1 aromatic heterocycles. The number of carbonyl (C=O) groups excluding carboxylic acids is 1. The SMILES string of the molecule is CC(C)OC[C@H](O)CN1CCN(Cc2nc(C(=O)NCc3ccc(F)cc3)co2)CC1. The molecule has 1 atom stereocenters. The van der Waals surface area contributed by atoms with Crippen molar-refractivity contribution in [3.8, 4) is 0 Å². The van der Waals surface area contributed by atoms with Gasteiger partial charge in [-0.1, -0.05) is 12.1 Å². The van der Waals surface area contributed by atoms with Crippen LogP contribution in [0, 0.1) is 5.82 Å². The summed E-state index contributed by atoms with van der Waals surface area (Å²) in [6.45, 7) is 8.99. The van der Waals surface area contributed by atoms with Crippen molar-refractivity contribution in [2.75, 3.05) is 39.3 Å². The minimum absolute atomic E-state index is 0.113. The summed E-state index contributed by atoms with van der Waals surface area (Å²) in [4.78, 5) is 21.0. The molecule has 1 aliphatic rings. The predicted molar refractivity (Wildman–Crippen MR) is 113 cm³/mol. The van der Waals surface area contributed by atoms with Crippen LogP contribution in [0.4, 0.5) is 4.39 Å². The number of benzene rings is 1. The van der Waals surface area contributed by atoms with Crippen LogP contribution in [0.25, 0.3) is 0 Å². The standard InChI is InChI=1S/C22H31FN4O4/c1-16(2)30-14-19(28)12-26-7-9-27(10-8-26)13-21-25-20(15-31-21)22(29)24-11-17-3-5-18(23)6-4-17/h3-6,15-16,19,28H,7-14H2,1-2H3,(H,24,29)/t19-/m1/s1. The van der Waals surface area contributed by atoms with Crippen LogP contribution in [0.15, 0.2) is 34.9 Å². The molecule has 3 rings (SSSR count). The maximum Gasteiger partial charge on any atom is 0.273 e. The molecule has 2 N–H and O–H groups in total. The lowest BCUT2D eigenvalue weighted by Crippen LogP contribution is -2.48. The molecular weight excluding hydrogens is 403 g/mol. The number of hydrogen-bond acceptors (Lipinski definition) is 7. The van der Waals surface area contributed by atoms with Gasteiger partial charge in [-0.05, 0) is 31.5 Å². The Bertz CT molecular complexity index is 819. The second kappa shape index (κ2) is 11.3. The summed E-state index contributed by atoms with van der Waals surface area (Å²) in [5.41, 5.74) is 1.03. The number of halogens is 1. The molecule has 1 fully saturated rings. The smallest absolute Gasteiger partial charge is 0.273 e. The van der Waals surface area contributed by atoms with Crippen molar-refractivity contribution in [1.29, 1.82) is 0 Å². The summed E-state index contributed by atoms with van der Waals surface area (Å²) in [6, 6.07) is 5.96. The Morgan fingerprint density at radius 3 is 2.58 bits per heavy atom. The maximum atomic E-state index is 12.9. The number of aromatic nitrogens is 1. The molecule has 1 aliphatic heterocycles. The van der Waals surface area contributed by atoms with Gasteiger partial charge in [0.25, 0.3) is 5.91 Å². The lowest BCUT2D eigenvalue weighted by atomic mass is 10.2. The minimum atomic E-state index is -0.489. The molecular formula is C22H31FN4O4. The van der Waals surface area contributed by atoms with E-state index in [-0.39, 0.29) is 30.1 Å². The normalized spacial score (nSPS) is 16.5. The van der Waals surface area contributed by atoms with Crippen LogP contribution in [0.2, 0.25) is 0 Å². The van der Waals surface area contributed by atoms with Gasteiger partial charge in [-0.2, -0.15) is 0 Å². The predicted octanol–water partition coefficient (Wildman–Crippen LogP) is 1.65. The van der Waals surface area contributed by atoms with Crippen molar-refractivity contribution in [3.63, 3.8) is 0 Å². The third-order valence-corrected chi connectivity index (χ3v) is 5.07. The fourth-order valence-electron chi connectivity index (χ4n) is 3.34. The van der Waals surface area contributed by atoms with E-state index in [1.807, 2.05) is 13.8 Å². The molecule has 0 spiro atoms. The minimum Gasteiger partial charge on any atom is -0.447 e. The van der Waals surface area contributed by atoms with Crippen LogP contribution in [-0.4, -0.2) is 77.3 Å². The number of aliphatic hydroxyl groups excluding tert-OH is 1. The summed E-state index contributed by atoms with van der Waals surface area (Å²) in [5.74, 6) is -0.152. The number of nitrogens with one attached hydrogen (secondary N) is 1. The van der Waals surface area contributed by atoms with Gasteiger partial charge in [-0.25, -0.2) is 9.37 Å². The average Bonchev–Trinajstić information content (AvgIpc) is 3.22. The van der Waals surface area contributed by atoms with E-state index >= 15 is 0 Å². The quantitative estimate of drug-likeness (QED) is 0.588. The molecule has 2 heterocycles. The van der Waals surface area contributed by atoms with Crippen LogP contribution in [0.5, 0.6) is 0 Å². The summed E-state index contributed by atoms with van der Waals surface area (Å²) in [6.07, 6.45) is 0.982. The van der Waals surface area contributed by atoms with E-state index in [9.17, 15) is 14.3 Å². The number of nitrogens with zero attached hydrogens (tertiary/aromatic N) is 3. The van der Waals surface area contributed by atoms with Gasteiger partial charge in [0, 0.05) is 39.3 Å². The van der Waals surface area contributed by atoms with Gasteiger partial charge in [0.2, 0.25) is 5.89 Å². The van der Waals surface area contributed by atoms with Gasteiger partial charge in [-0.15, -0.1) is 0 Å². The maximum absolute atomic E-state index is 12.9. The largest absolute Gasteiger partial charge is 0.447 e. The molecule has 0 radical (unpaired) electrons. The zero-order valence-electron chi connectivity index (χ0n) is 18.1. The lowest BCUT2D eigenvalue weighted by Gasteiger charge is -2.35. The number of ether oxygens (including phenoxy) is 1. The zero-order chi connectivity index (χ0) is 22.2. The summed E-state index contributed by atoms with van der Waals surface area (Å²) in [5, 5.41) is 12.8. The Morgan fingerprint density at radius 2 is 1.90 bits per heavy atom. The third-order valence-electron chi connectivity index (χ3n) is 5.07. The fourth-order valence-corrected chi connectivity index (χ4v) is 3.34. The highest BCUT2D eigenvalue weighted by atomic mass is 19.1. The Kier molecular flexibility index (Phi) is 8.53. The van der Waals surface area contributed by atoms with E-state index < -0.39 is 6.10 Å². The van der Waals surface area contributed by atoms with E-state index in [1.54, 1.807) is 12.1 Å². The Morgan fingerprint density at radius 1 is 1.23 bits per heavy atom. The molecule has 0 aliphatic carbocycles. The Balaban J connectivity index is 1.39. The lowest BCUT2D eigenvalue weighted by molar-refractivity contribution is -0.0151. The first-order valence-corrected chi connectivity index (χ1v) is 10.6. The van der Waals surface area contributed by atoms with Crippen molar-refractivity contribution < 1.29 is 23.4 Å². The number of hydrogen-bond donors (Lipinski definition) is 2. The second-order valence-electron chi connectivity index (χ2n) is 8.05. The number of amides is 1. The van der Waals surface area contributed by atoms with E-state index in [4.69, 9.17) is 9.15 Å². The monoisotopic (exact) mass is 434 g/mol. The highest BCUT2D eigenvalue weighted by Crippen LogP contribution is 2.10. The number of oxazole rings is 1.